The fraction of sp³-hybridized carbons (Fsp3) is 0.579. The maximum absolute atomic E-state index is 12.5. The van der Waals surface area contributed by atoms with Gasteiger partial charge >= 0.3 is 5.97 Å². The van der Waals surface area contributed by atoms with E-state index in [1.807, 2.05) is 24.3 Å². The minimum atomic E-state index is -1.01. The zero-order chi connectivity index (χ0) is 18.4. The number of aliphatic carboxylic acids is 1. The molecule has 138 valence electrons. The number of likely N-dealkylation sites (tertiary alicyclic amines) is 1. The fourth-order valence-electron chi connectivity index (χ4n) is 3.19. The molecule has 2 rings (SSSR count). The van der Waals surface area contributed by atoms with Crippen molar-refractivity contribution < 1.29 is 24.2 Å². The van der Waals surface area contributed by atoms with E-state index in [0.29, 0.717) is 24.6 Å². The van der Waals surface area contributed by atoms with E-state index < -0.39 is 11.4 Å². The summed E-state index contributed by atoms with van der Waals surface area (Å²) in [4.78, 5) is 25.6. The molecule has 1 saturated heterocycles. The summed E-state index contributed by atoms with van der Waals surface area (Å²) in [5.74, 6) is -0.0592. The molecule has 1 aliphatic heterocycles. The van der Waals surface area contributed by atoms with Crippen molar-refractivity contribution in [1.82, 2.24) is 4.90 Å². The summed E-state index contributed by atoms with van der Waals surface area (Å²) in [6.07, 6.45) is 1.38. The number of methoxy groups -OCH3 is 1. The van der Waals surface area contributed by atoms with Crippen molar-refractivity contribution in [3.8, 4) is 5.75 Å². The Kier molecular flexibility index (Phi) is 6.42. The van der Waals surface area contributed by atoms with Gasteiger partial charge in [0.05, 0.1) is 6.61 Å². The average Bonchev–Trinajstić information content (AvgIpc) is 3.05. The maximum Gasteiger partial charge on any atom is 0.313 e. The SMILES string of the molecule is CCC(C)c1ccccc1OCC(=O)N1CCC(COC)(C(=O)O)C1. The molecule has 0 bridgehead atoms. The number of nitrogens with zero attached hydrogens (tertiary/aromatic N) is 1. The summed E-state index contributed by atoms with van der Waals surface area (Å²) in [5, 5.41) is 9.48. The molecule has 1 heterocycles. The molecule has 0 saturated carbocycles. The molecule has 1 N–H and O–H groups in total. The second kappa shape index (κ2) is 8.34. The third kappa shape index (κ3) is 4.31. The average molecular weight is 349 g/mol. The Morgan fingerprint density at radius 2 is 2.08 bits per heavy atom. The van der Waals surface area contributed by atoms with Gasteiger partial charge in [-0.1, -0.05) is 32.0 Å². The van der Waals surface area contributed by atoms with E-state index >= 15 is 0 Å². The van der Waals surface area contributed by atoms with Crippen LogP contribution in [-0.2, 0) is 14.3 Å². The quantitative estimate of drug-likeness (QED) is 0.780. The molecule has 25 heavy (non-hydrogen) atoms. The Morgan fingerprint density at radius 3 is 2.72 bits per heavy atom. The Balaban J connectivity index is 1.99. The van der Waals surface area contributed by atoms with Gasteiger partial charge in [0.2, 0.25) is 0 Å². The lowest BCUT2D eigenvalue weighted by Crippen LogP contribution is -2.41. The summed E-state index contributed by atoms with van der Waals surface area (Å²) in [7, 11) is 1.48. The summed E-state index contributed by atoms with van der Waals surface area (Å²) in [6.45, 7) is 4.81. The molecule has 0 aromatic heterocycles. The molecule has 1 fully saturated rings. The van der Waals surface area contributed by atoms with Crippen LogP contribution in [0.4, 0.5) is 0 Å². The van der Waals surface area contributed by atoms with Crippen molar-refractivity contribution in [2.45, 2.75) is 32.6 Å². The minimum Gasteiger partial charge on any atom is -0.483 e. The van der Waals surface area contributed by atoms with Gasteiger partial charge in [-0.15, -0.1) is 0 Å². The van der Waals surface area contributed by atoms with E-state index in [0.717, 1.165) is 12.0 Å². The van der Waals surface area contributed by atoms with Crippen LogP contribution in [0.25, 0.3) is 0 Å². The van der Waals surface area contributed by atoms with Crippen LogP contribution in [0.3, 0.4) is 0 Å². The zero-order valence-corrected chi connectivity index (χ0v) is 15.2. The largest absolute Gasteiger partial charge is 0.483 e. The first kappa shape index (κ1) is 19.2. The molecule has 6 heteroatoms. The molecule has 1 aliphatic rings. The second-order valence-electron chi connectivity index (χ2n) is 6.72. The first-order chi connectivity index (χ1) is 11.9. The number of hydrogen-bond donors (Lipinski definition) is 1. The zero-order valence-electron chi connectivity index (χ0n) is 15.2. The summed E-state index contributed by atoms with van der Waals surface area (Å²) >= 11 is 0. The van der Waals surface area contributed by atoms with Gasteiger partial charge in [-0.3, -0.25) is 9.59 Å². The standard InChI is InChI=1S/C19H27NO5/c1-4-14(2)15-7-5-6-8-16(15)25-11-17(21)20-10-9-19(12-20,13-24-3)18(22)23/h5-8,14H,4,9-13H2,1-3H3,(H,22,23). The third-order valence-corrected chi connectivity index (χ3v) is 4.99. The van der Waals surface area contributed by atoms with Gasteiger partial charge in [0, 0.05) is 20.2 Å². The first-order valence-corrected chi connectivity index (χ1v) is 8.65. The fourth-order valence-corrected chi connectivity index (χ4v) is 3.19. The number of amides is 1. The van der Waals surface area contributed by atoms with Gasteiger partial charge in [0.1, 0.15) is 11.2 Å². The highest BCUT2D eigenvalue weighted by atomic mass is 16.5. The van der Waals surface area contributed by atoms with Crippen LogP contribution >= 0.6 is 0 Å². The Bertz CT molecular complexity index is 618. The van der Waals surface area contributed by atoms with Crippen molar-refractivity contribution in [2.75, 3.05) is 33.4 Å². The van der Waals surface area contributed by atoms with E-state index in [4.69, 9.17) is 9.47 Å². The Labute approximate surface area is 148 Å². The van der Waals surface area contributed by atoms with E-state index in [2.05, 4.69) is 13.8 Å². The molecule has 1 aromatic carbocycles. The predicted molar refractivity (Wildman–Crippen MR) is 93.8 cm³/mol. The van der Waals surface area contributed by atoms with Crippen LogP contribution in [0.15, 0.2) is 24.3 Å². The minimum absolute atomic E-state index is 0.0872. The molecule has 2 unspecified atom stereocenters. The number of ether oxygens (including phenoxy) is 2. The second-order valence-corrected chi connectivity index (χ2v) is 6.72. The highest BCUT2D eigenvalue weighted by molar-refractivity contribution is 5.81. The number of carboxylic acid groups (broad SMARTS) is 1. The van der Waals surface area contributed by atoms with Crippen molar-refractivity contribution in [3.05, 3.63) is 29.8 Å². The van der Waals surface area contributed by atoms with Crippen molar-refractivity contribution in [1.29, 1.82) is 0 Å². The molecule has 6 nitrogen and oxygen atoms in total. The number of carbonyl (C=O) groups is 2. The maximum atomic E-state index is 12.5. The smallest absolute Gasteiger partial charge is 0.313 e. The van der Waals surface area contributed by atoms with Crippen molar-refractivity contribution in [2.24, 2.45) is 5.41 Å². The lowest BCUT2D eigenvalue weighted by Gasteiger charge is -2.24. The van der Waals surface area contributed by atoms with Crippen molar-refractivity contribution in [3.63, 3.8) is 0 Å². The molecule has 0 radical (unpaired) electrons. The molecule has 0 spiro atoms. The highest BCUT2D eigenvalue weighted by Gasteiger charge is 2.46. The number of hydrogen-bond acceptors (Lipinski definition) is 4. The lowest BCUT2D eigenvalue weighted by atomic mass is 9.88. The van der Waals surface area contributed by atoms with Gasteiger partial charge < -0.3 is 19.5 Å². The number of carbonyl (C=O) groups excluding carboxylic acids is 1. The van der Waals surface area contributed by atoms with E-state index in [-0.39, 0.29) is 25.7 Å². The van der Waals surface area contributed by atoms with Crippen LogP contribution in [0.5, 0.6) is 5.75 Å². The number of para-hydroxylation sites is 1. The molecular formula is C19H27NO5. The molecule has 2 atom stereocenters. The van der Waals surface area contributed by atoms with Crippen LogP contribution in [0.2, 0.25) is 0 Å². The number of benzene rings is 1. The van der Waals surface area contributed by atoms with E-state index in [9.17, 15) is 14.7 Å². The Hall–Kier alpha value is -2.08. The third-order valence-electron chi connectivity index (χ3n) is 4.99. The number of carboxylic acids is 1. The normalized spacial score (nSPS) is 21.2. The monoisotopic (exact) mass is 349 g/mol. The topological polar surface area (TPSA) is 76.1 Å². The first-order valence-electron chi connectivity index (χ1n) is 8.65. The van der Waals surface area contributed by atoms with Crippen LogP contribution in [0, 0.1) is 5.41 Å². The molecule has 1 aromatic rings. The van der Waals surface area contributed by atoms with Gasteiger partial charge in [-0.05, 0) is 30.4 Å². The Morgan fingerprint density at radius 1 is 1.36 bits per heavy atom. The summed E-state index contributed by atoms with van der Waals surface area (Å²) in [5.41, 5.74) is 0.0671. The van der Waals surface area contributed by atoms with Crippen LogP contribution in [-0.4, -0.2) is 55.3 Å². The number of rotatable bonds is 8. The molecular weight excluding hydrogens is 322 g/mol. The van der Waals surface area contributed by atoms with E-state index in [1.54, 1.807) is 4.90 Å². The molecule has 1 amide bonds. The van der Waals surface area contributed by atoms with Gasteiger partial charge in [-0.2, -0.15) is 0 Å². The van der Waals surface area contributed by atoms with Crippen LogP contribution < -0.4 is 4.74 Å². The van der Waals surface area contributed by atoms with Crippen LogP contribution in [0.1, 0.15) is 38.2 Å². The van der Waals surface area contributed by atoms with Crippen molar-refractivity contribution >= 4 is 11.9 Å². The van der Waals surface area contributed by atoms with E-state index in [1.165, 1.54) is 7.11 Å². The highest BCUT2D eigenvalue weighted by Crippen LogP contribution is 2.32. The van der Waals surface area contributed by atoms with Gasteiger partial charge in [0.25, 0.3) is 5.91 Å². The summed E-state index contributed by atoms with van der Waals surface area (Å²) < 4.78 is 10.8. The summed E-state index contributed by atoms with van der Waals surface area (Å²) in [6, 6.07) is 7.72. The predicted octanol–water partition coefficient (Wildman–Crippen LogP) is 2.53. The van der Waals surface area contributed by atoms with Gasteiger partial charge in [-0.25, -0.2) is 0 Å². The van der Waals surface area contributed by atoms with Gasteiger partial charge in [0.15, 0.2) is 6.61 Å². The molecule has 0 aliphatic carbocycles. The lowest BCUT2D eigenvalue weighted by molar-refractivity contribution is -0.151.